The van der Waals surface area contributed by atoms with Crippen molar-refractivity contribution in [2.75, 3.05) is 26.9 Å². The quantitative estimate of drug-likeness (QED) is 0.394. The van der Waals surface area contributed by atoms with Gasteiger partial charge in [0.2, 0.25) is 0 Å². The van der Waals surface area contributed by atoms with Gasteiger partial charge in [-0.1, -0.05) is 5.23 Å². The zero-order chi connectivity index (χ0) is 20.8. The SMILES string of the molecule is CCOC(=O)C[C@@H]1[C@H]2[C@@H](C(=O)OCC)[C@H](C(=O)OC)ON2O[C@H]1C(=O)OCC. The van der Waals surface area contributed by atoms with Crippen LogP contribution in [0.4, 0.5) is 0 Å². The number of rotatable bonds is 8. The number of esters is 4. The molecule has 2 heterocycles. The Balaban J connectivity index is 2.36. The van der Waals surface area contributed by atoms with E-state index in [1.807, 2.05) is 0 Å². The molecule has 0 spiro atoms. The van der Waals surface area contributed by atoms with Gasteiger partial charge in [-0.3, -0.25) is 19.3 Å². The number of fused-ring (bicyclic) bond motifs is 1. The summed E-state index contributed by atoms with van der Waals surface area (Å²) in [6.07, 6.45) is -2.78. The largest absolute Gasteiger partial charge is 0.467 e. The maximum atomic E-state index is 12.6. The molecule has 5 atom stereocenters. The Morgan fingerprint density at radius 3 is 1.96 bits per heavy atom. The molecule has 0 aromatic rings. The summed E-state index contributed by atoms with van der Waals surface area (Å²) in [4.78, 5) is 60.0. The average Bonchev–Trinajstić information content (AvgIpc) is 3.18. The summed E-state index contributed by atoms with van der Waals surface area (Å²) < 4.78 is 19.7. The minimum absolute atomic E-state index is 0.0701. The smallest absolute Gasteiger partial charge is 0.338 e. The van der Waals surface area contributed by atoms with Gasteiger partial charge in [0, 0.05) is 5.92 Å². The minimum atomic E-state index is -1.33. The molecular weight excluding hydrogens is 378 g/mol. The lowest BCUT2D eigenvalue weighted by Crippen LogP contribution is -2.44. The fraction of sp³-hybridized carbons (Fsp3) is 0.765. The van der Waals surface area contributed by atoms with E-state index < -0.39 is 54.0 Å². The topological polar surface area (TPSA) is 127 Å². The Labute approximate surface area is 162 Å². The molecule has 11 heteroatoms. The lowest BCUT2D eigenvalue weighted by atomic mass is 9.82. The van der Waals surface area contributed by atoms with Crippen LogP contribution >= 0.6 is 0 Å². The van der Waals surface area contributed by atoms with Crippen molar-refractivity contribution in [1.82, 2.24) is 5.23 Å². The van der Waals surface area contributed by atoms with Crippen LogP contribution in [-0.4, -0.2) is 74.3 Å². The highest BCUT2D eigenvalue weighted by atomic mass is 17.0. The van der Waals surface area contributed by atoms with Crippen LogP contribution in [-0.2, 0) is 47.8 Å². The summed E-state index contributed by atoms with van der Waals surface area (Å²) in [5.74, 6) is -4.86. The van der Waals surface area contributed by atoms with Crippen LogP contribution in [0.5, 0.6) is 0 Å². The van der Waals surface area contributed by atoms with E-state index in [0.29, 0.717) is 0 Å². The van der Waals surface area contributed by atoms with Crippen molar-refractivity contribution < 1.29 is 47.8 Å². The van der Waals surface area contributed by atoms with Gasteiger partial charge in [0.1, 0.15) is 5.92 Å². The first-order chi connectivity index (χ1) is 13.4. The normalized spacial score (nSPS) is 29.1. The van der Waals surface area contributed by atoms with Crippen molar-refractivity contribution in [1.29, 1.82) is 0 Å². The van der Waals surface area contributed by atoms with Crippen LogP contribution in [0.3, 0.4) is 0 Å². The molecule has 2 aliphatic heterocycles. The minimum Gasteiger partial charge on any atom is -0.467 e. The second kappa shape index (κ2) is 9.80. The Morgan fingerprint density at radius 1 is 0.821 bits per heavy atom. The molecule has 0 unspecified atom stereocenters. The lowest BCUT2D eigenvalue weighted by Gasteiger charge is -2.23. The van der Waals surface area contributed by atoms with E-state index in [4.69, 9.17) is 23.9 Å². The molecule has 2 fully saturated rings. The van der Waals surface area contributed by atoms with Gasteiger partial charge in [-0.15, -0.1) is 0 Å². The highest BCUT2D eigenvalue weighted by Crippen LogP contribution is 2.43. The summed E-state index contributed by atoms with van der Waals surface area (Å²) in [5.41, 5.74) is 0. The molecule has 158 valence electrons. The fourth-order valence-corrected chi connectivity index (χ4v) is 3.33. The number of carbonyl (C=O) groups excluding carboxylic acids is 4. The lowest BCUT2D eigenvalue weighted by molar-refractivity contribution is -0.350. The number of nitrogens with zero attached hydrogens (tertiary/aromatic N) is 1. The summed E-state index contributed by atoms with van der Waals surface area (Å²) >= 11 is 0. The standard InChI is InChI=1S/C17H25NO10/c1-5-24-10(19)8-9-12-11(15(20)25-6-2)14(16(21)23-4)28-18(12)27-13(9)17(22)26-7-3/h9,11-14H,5-8H2,1-4H3/t9-,11-,12+,13-,14-/m1/s1. The molecule has 0 radical (unpaired) electrons. The number of carbonyl (C=O) groups is 4. The Bertz CT molecular complexity index is 609. The number of hydroxylamine groups is 2. The fourth-order valence-electron chi connectivity index (χ4n) is 3.33. The van der Waals surface area contributed by atoms with Crippen LogP contribution in [0, 0.1) is 11.8 Å². The third-order valence-electron chi connectivity index (χ3n) is 4.42. The highest BCUT2D eigenvalue weighted by molar-refractivity contribution is 5.86. The molecule has 0 amide bonds. The summed E-state index contributed by atoms with van der Waals surface area (Å²) in [6, 6.07) is -0.943. The van der Waals surface area contributed by atoms with Crippen LogP contribution in [0.15, 0.2) is 0 Å². The van der Waals surface area contributed by atoms with Crippen molar-refractivity contribution >= 4 is 23.9 Å². The molecule has 2 aliphatic rings. The van der Waals surface area contributed by atoms with Crippen molar-refractivity contribution in [3.63, 3.8) is 0 Å². The van der Waals surface area contributed by atoms with E-state index in [2.05, 4.69) is 4.74 Å². The zero-order valence-electron chi connectivity index (χ0n) is 16.2. The molecule has 11 nitrogen and oxygen atoms in total. The third kappa shape index (κ3) is 4.42. The van der Waals surface area contributed by atoms with Crippen molar-refractivity contribution in [3.8, 4) is 0 Å². The number of methoxy groups -OCH3 is 1. The van der Waals surface area contributed by atoms with Gasteiger partial charge in [-0.2, -0.15) is 0 Å². The first-order valence-corrected chi connectivity index (χ1v) is 9.08. The summed E-state index contributed by atoms with van der Waals surface area (Å²) in [5, 5.41) is 0.897. The van der Waals surface area contributed by atoms with Gasteiger partial charge in [-0.25, -0.2) is 9.59 Å². The maximum Gasteiger partial charge on any atom is 0.338 e. The van der Waals surface area contributed by atoms with E-state index in [-0.39, 0.29) is 26.2 Å². The molecule has 28 heavy (non-hydrogen) atoms. The maximum absolute atomic E-state index is 12.6. The third-order valence-corrected chi connectivity index (χ3v) is 4.42. The number of hydrogen-bond donors (Lipinski definition) is 0. The molecular formula is C17H25NO10. The Kier molecular flexibility index (Phi) is 7.72. The molecule has 2 saturated heterocycles. The Hall–Kier alpha value is -2.24. The Morgan fingerprint density at radius 2 is 1.39 bits per heavy atom. The number of ether oxygens (including phenoxy) is 4. The van der Waals surface area contributed by atoms with Gasteiger partial charge in [-0.05, 0) is 20.8 Å². The second-order valence-electron chi connectivity index (χ2n) is 6.05. The monoisotopic (exact) mass is 403 g/mol. The van der Waals surface area contributed by atoms with Crippen LogP contribution in [0.2, 0.25) is 0 Å². The van der Waals surface area contributed by atoms with Gasteiger partial charge < -0.3 is 18.9 Å². The first kappa shape index (κ1) is 22.1. The summed E-state index contributed by atoms with van der Waals surface area (Å²) in [6.45, 7) is 5.20. The van der Waals surface area contributed by atoms with Crippen LogP contribution in [0.1, 0.15) is 27.2 Å². The van der Waals surface area contributed by atoms with Crippen molar-refractivity contribution in [2.24, 2.45) is 11.8 Å². The van der Waals surface area contributed by atoms with E-state index in [0.717, 1.165) is 12.3 Å². The molecule has 0 bridgehead atoms. The van der Waals surface area contributed by atoms with Gasteiger partial charge >= 0.3 is 23.9 Å². The predicted molar refractivity (Wildman–Crippen MR) is 88.9 cm³/mol. The molecule has 0 aliphatic carbocycles. The van der Waals surface area contributed by atoms with Crippen LogP contribution < -0.4 is 0 Å². The van der Waals surface area contributed by atoms with Gasteiger partial charge in [0.25, 0.3) is 0 Å². The van der Waals surface area contributed by atoms with Gasteiger partial charge in [0.15, 0.2) is 12.2 Å². The molecule has 0 aromatic heterocycles. The number of hydrogen-bond acceptors (Lipinski definition) is 11. The van der Waals surface area contributed by atoms with E-state index in [1.165, 1.54) is 0 Å². The molecule has 0 saturated carbocycles. The zero-order valence-corrected chi connectivity index (χ0v) is 16.2. The molecule has 0 N–H and O–H groups in total. The predicted octanol–water partition coefficient (Wildman–Crippen LogP) is -0.231. The summed E-state index contributed by atoms with van der Waals surface area (Å²) in [7, 11) is 1.15. The van der Waals surface area contributed by atoms with E-state index >= 15 is 0 Å². The first-order valence-electron chi connectivity index (χ1n) is 9.08. The average molecular weight is 403 g/mol. The molecule has 0 aromatic carbocycles. The van der Waals surface area contributed by atoms with Crippen LogP contribution in [0.25, 0.3) is 0 Å². The second-order valence-corrected chi connectivity index (χ2v) is 6.05. The van der Waals surface area contributed by atoms with Gasteiger partial charge in [0.05, 0.1) is 39.4 Å². The highest BCUT2D eigenvalue weighted by Gasteiger charge is 2.63. The molecule has 2 rings (SSSR count). The van der Waals surface area contributed by atoms with E-state index in [9.17, 15) is 19.2 Å². The van der Waals surface area contributed by atoms with Crippen molar-refractivity contribution in [2.45, 2.75) is 45.4 Å². The van der Waals surface area contributed by atoms with Crippen molar-refractivity contribution in [3.05, 3.63) is 0 Å². The van der Waals surface area contributed by atoms with E-state index in [1.54, 1.807) is 20.8 Å².